The van der Waals surface area contributed by atoms with Crippen LogP contribution in [0.15, 0.2) is 0 Å². The van der Waals surface area contributed by atoms with Gasteiger partial charge in [-0.05, 0) is 20.4 Å². The highest BCUT2D eigenvalue weighted by Crippen LogP contribution is 2.03. The fourth-order valence-corrected chi connectivity index (χ4v) is 1.21. The van der Waals surface area contributed by atoms with Gasteiger partial charge in [0.2, 0.25) is 0 Å². The Morgan fingerprint density at radius 3 is 1.92 bits per heavy atom. The summed E-state index contributed by atoms with van der Waals surface area (Å²) in [6.45, 7) is 8.21. The third-order valence-corrected chi connectivity index (χ3v) is 2.15. The summed E-state index contributed by atoms with van der Waals surface area (Å²) in [7, 11) is 0. The summed E-state index contributed by atoms with van der Waals surface area (Å²) in [4.78, 5) is 2.23. The second-order valence-electron chi connectivity index (χ2n) is 3.41. The first kappa shape index (κ1) is 11.9. The van der Waals surface area contributed by atoms with E-state index in [1.54, 1.807) is 0 Å². The van der Waals surface area contributed by atoms with E-state index >= 15 is 0 Å². The summed E-state index contributed by atoms with van der Waals surface area (Å²) in [5.74, 6) is 0.00681. The van der Waals surface area contributed by atoms with Crippen molar-refractivity contribution in [2.24, 2.45) is 5.92 Å². The van der Waals surface area contributed by atoms with E-state index in [9.17, 15) is 0 Å². The van der Waals surface area contributed by atoms with E-state index in [0.717, 1.165) is 13.1 Å². The summed E-state index contributed by atoms with van der Waals surface area (Å²) < 4.78 is 0. The molecule has 0 rings (SSSR count). The second-order valence-corrected chi connectivity index (χ2v) is 3.41. The molecule has 0 saturated heterocycles. The Morgan fingerprint density at radius 1 is 1.17 bits per heavy atom. The summed E-state index contributed by atoms with van der Waals surface area (Å²) >= 11 is 0. The van der Waals surface area contributed by atoms with Crippen LogP contribution < -0.4 is 0 Å². The lowest BCUT2D eigenvalue weighted by atomic mass is 10.1. The number of aliphatic hydroxyl groups excluding tert-OH is 2. The number of hydrogen-bond donors (Lipinski definition) is 2. The van der Waals surface area contributed by atoms with Gasteiger partial charge >= 0.3 is 0 Å². The van der Waals surface area contributed by atoms with Crippen molar-refractivity contribution in [1.82, 2.24) is 4.90 Å². The average molecular weight is 175 g/mol. The van der Waals surface area contributed by atoms with Crippen molar-refractivity contribution in [2.45, 2.75) is 26.8 Å². The Hall–Kier alpha value is -0.120. The Labute approximate surface area is 75.0 Å². The Bertz CT molecular complexity index is 103. The van der Waals surface area contributed by atoms with E-state index in [-0.39, 0.29) is 19.1 Å². The van der Waals surface area contributed by atoms with Gasteiger partial charge in [-0.2, -0.15) is 0 Å². The molecule has 0 bridgehead atoms. The van der Waals surface area contributed by atoms with E-state index in [2.05, 4.69) is 25.7 Å². The smallest absolute Gasteiger partial charge is 0.0493 e. The van der Waals surface area contributed by atoms with Gasteiger partial charge in [0.15, 0.2) is 0 Å². The van der Waals surface area contributed by atoms with Gasteiger partial charge in [-0.3, -0.25) is 0 Å². The molecule has 3 nitrogen and oxygen atoms in total. The van der Waals surface area contributed by atoms with Crippen LogP contribution in [0.2, 0.25) is 0 Å². The molecule has 12 heavy (non-hydrogen) atoms. The molecule has 0 aromatic heterocycles. The second kappa shape index (κ2) is 6.40. The molecular weight excluding hydrogens is 154 g/mol. The minimum absolute atomic E-state index is 0.00681. The van der Waals surface area contributed by atoms with Crippen LogP contribution in [-0.4, -0.2) is 47.5 Å². The van der Waals surface area contributed by atoms with E-state index in [1.165, 1.54) is 0 Å². The summed E-state index contributed by atoms with van der Waals surface area (Å²) in [6.07, 6.45) is 0. The van der Waals surface area contributed by atoms with Crippen LogP contribution in [0.5, 0.6) is 0 Å². The number of hydrogen-bond acceptors (Lipinski definition) is 3. The maximum absolute atomic E-state index is 8.87. The predicted octanol–water partition coefficient (Wildman–Crippen LogP) is 0.317. The van der Waals surface area contributed by atoms with Gasteiger partial charge in [-0.15, -0.1) is 0 Å². The minimum atomic E-state index is 0.00681. The van der Waals surface area contributed by atoms with Crippen LogP contribution in [0, 0.1) is 5.92 Å². The van der Waals surface area contributed by atoms with Crippen LogP contribution in [0.4, 0.5) is 0 Å². The SMILES string of the molecule is CCN(CC(CO)CO)C(C)C. The zero-order valence-corrected chi connectivity index (χ0v) is 8.32. The Morgan fingerprint density at radius 2 is 1.67 bits per heavy atom. The third kappa shape index (κ3) is 4.04. The Kier molecular flexibility index (Phi) is 6.34. The molecule has 0 aromatic rings. The van der Waals surface area contributed by atoms with Crippen molar-refractivity contribution in [2.75, 3.05) is 26.3 Å². The largest absolute Gasteiger partial charge is 0.396 e. The quantitative estimate of drug-likeness (QED) is 0.611. The normalized spacial score (nSPS) is 12.0. The van der Waals surface area contributed by atoms with Crippen LogP contribution in [-0.2, 0) is 0 Å². The fraction of sp³-hybridized carbons (Fsp3) is 1.00. The third-order valence-electron chi connectivity index (χ3n) is 2.15. The van der Waals surface area contributed by atoms with Gasteiger partial charge in [-0.25, -0.2) is 0 Å². The molecule has 0 amide bonds. The molecule has 0 aliphatic carbocycles. The van der Waals surface area contributed by atoms with Crippen molar-refractivity contribution in [1.29, 1.82) is 0 Å². The molecule has 0 aromatic carbocycles. The van der Waals surface area contributed by atoms with E-state index in [1.807, 2.05) is 0 Å². The van der Waals surface area contributed by atoms with Gasteiger partial charge in [0.25, 0.3) is 0 Å². The van der Waals surface area contributed by atoms with Gasteiger partial charge in [0, 0.05) is 31.7 Å². The average Bonchev–Trinajstić information content (AvgIpc) is 2.06. The fourth-order valence-electron chi connectivity index (χ4n) is 1.21. The molecule has 0 aliphatic rings. The summed E-state index contributed by atoms with van der Waals surface area (Å²) in [6, 6.07) is 0.482. The van der Waals surface area contributed by atoms with Crippen LogP contribution in [0.25, 0.3) is 0 Å². The molecule has 0 spiro atoms. The van der Waals surface area contributed by atoms with Gasteiger partial charge in [0.05, 0.1) is 0 Å². The molecule has 0 aliphatic heterocycles. The van der Waals surface area contributed by atoms with Crippen LogP contribution in [0.1, 0.15) is 20.8 Å². The highest BCUT2D eigenvalue weighted by Gasteiger charge is 2.13. The molecule has 74 valence electrons. The molecule has 0 radical (unpaired) electrons. The molecule has 0 atom stereocenters. The predicted molar refractivity (Wildman–Crippen MR) is 50.0 cm³/mol. The standard InChI is InChI=1S/C9H21NO2/c1-4-10(8(2)3)5-9(6-11)7-12/h8-9,11-12H,4-7H2,1-3H3. The van der Waals surface area contributed by atoms with Gasteiger partial charge in [-0.1, -0.05) is 6.92 Å². The monoisotopic (exact) mass is 175 g/mol. The first-order valence-electron chi connectivity index (χ1n) is 4.61. The molecule has 0 fully saturated rings. The molecule has 0 heterocycles. The summed E-state index contributed by atoms with van der Waals surface area (Å²) in [5, 5.41) is 17.7. The van der Waals surface area contributed by atoms with Crippen molar-refractivity contribution >= 4 is 0 Å². The van der Waals surface area contributed by atoms with Crippen molar-refractivity contribution in [3.63, 3.8) is 0 Å². The highest BCUT2D eigenvalue weighted by atomic mass is 16.3. The minimum Gasteiger partial charge on any atom is -0.396 e. The maximum Gasteiger partial charge on any atom is 0.0493 e. The first-order chi connectivity index (χ1) is 5.65. The topological polar surface area (TPSA) is 43.7 Å². The molecule has 2 N–H and O–H groups in total. The number of rotatable bonds is 6. The lowest BCUT2D eigenvalue weighted by Crippen LogP contribution is -2.37. The molecular formula is C9H21NO2. The Balaban J connectivity index is 3.82. The van der Waals surface area contributed by atoms with E-state index in [0.29, 0.717) is 6.04 Å². The molecule has 0 saturated carbocycles. The first-order valence-corrected chi connectivity index (χ1v) is 4.61. The van der Waals surface area contributed by atoms with E-state index < -0.39 is 0 Å². The van der Waals surface area contributed by atoms with Crippen molar-refractivity contribution in [3.05, 3.63) is 0 Å². The van der Waals surface area contributed by atoms with E-state index in [4.69, 9.17) is 10.2 Å². The zero-order valence-electron chi connectivity index (χ0n) is 8.32. The van der Waals surface area contributed by atoms with Crippen molar-refractivity contribution < 1.29 is 10.2 Å². The lowest BCUT2D eigenvalue weighted by Gasteiger charge is -2.27. The molecule has 3 heteroatoms. The number of aliphatic hydroxyl groups is 2. The maximum atomic E-state index is 8.87. The lowest BCUT2D eigenvalue weighted by molar-refractivity contribution is 0.0993. The zero-order chi connectivity index (χ0) is 9.56. The highest BCUT2D eigenvalue weighted by molar-refractivity contribution is 4.66. The van der Waals surface area contributed by atoms with Crippen LogP contribution >= 0.6 is 0 Å². The van der Waals surface area contributed by atoms with Crippen molar-refractivity contribution in [3.8, 4) is 0 Å². The van der Waals surface area contributed by atoms with Gasteiger partial charge < -0.3 is 15.1 Å². The van der Waals surface area contributed by atoms with Gasteiger partial charge in [0.1, 0.15) is 0 Å². The van der Waals surface area contributed by atoms with Crippen LogP contribution in [0.3, 0.4) is 0 Å². The summed E-state index contributed by atoms with van der Waals surface area (Å²) in [5.41, 5.74) is 0. The molecule has 0 unspecified atom stereocenters. The number of nitrogens with zero attached hydrogens (tertiary/aromatic N) is 1.